The first kappa shape index (κ1) is 15.1. The van der Waals surface area contributed by atoms with Gasteiger partial charge in [-0.15, -0.1) is 0 Å². The van der Waals surface area contributed by atoms with Crippen LogP contribution in [-0.2, 0) is 10.2 Å². The van der Waals surface area contributed by atoms with Gasteiger partial charge in [-0.25, -0.2) is 14.4 Å². The average Bonchev–Trinajstić information content (AvgIpc) is 2.42. The summed E-state index contributed by atoms with van der Waals surface area (Å²) >= 11 is 0. The molecule has 0 aliphatic carbocycles. The van der Waals surface area contributed by atoms with Crippen LogP contribution in [0.3, 0.4) is 0 Å². The smallest absolute Gasteiger partial charge is 0.316 e. The minimum atomic E-state index is -3.37. The van der Waals surface area contributed by atoms with Gasteiger partial charge in [-0.2, -0.15) is 17.0 Å². The van der Waals surface area contributed by atoms with Gasteiger partial charge >= 0.3 is 6.01 Å². The molecule has 0 unspecified atom stereocenters. The van der Waals surface area contributed by atoms with E-state index >= 15 is 0 Å². The van der Waals surface area contributed by atoms with Crippen LogP contribution in [0.25, 0.3) is 0 Å². The van der Waals surface area contributed by atoms with E-state index in [4.69, 9.17) is 4.74 Å². The highest BCUT2D eigenvalue weighted by Crippen LogP contribution is 2.18. The molecule has 9 heteroatoms. The second-order valence-electron chi connectivity index (χ2n) is 4.69. The van der Waals surface area contributed by atoms with Crippen LogP contribution in [0.1, 0.15) is 12.8 Å². The molecule has 0 saturated carbocycles. The van der Waals surface area contributed by atoms with Gasteiger partial charge in [0.05, 0.1) is 12.4 Å². The topological polar surface area (TPSA) is 75.6 Å². The van der Waals surface area contributed by atoms with Crippen LogP contribution < -0.4 is 4.74 Å². The van der Waals surface area contributed by atoms with Crippen LogP contribution in [0, 0.1) is 5.82 Å². The summed E-state index contributed by atoms with van der Waals surface area (Å²) in [4.78, 5) is 7.44. The van der Waals surface area contributed by atoms with Crippen molar-refractivity contribution in [3.8, 4) is 6.01 Å². The molecule has 1 aliphatic heterocycles. The summed E-state index contributed by atoms with van der Waals surface area (Å²) in [5, 5.41) is 0. The maximum absolute atomic E-state index is 12.7. The molecule has 0 spiro atoms. The maximum Gasteiger partial charge on any atom is 0.316 e. The Labute approximate surface area is 117 Å². The van der Waals surface area contributed by atoms with Gasteiger partial charge in [0.2, 0.25) is 0 Å². The van der Waals surface area contributed by atoms with E-state index in [9.17, 15) is 12.8 Å². The third kappa shape index (κ3) is 3.41. The summed E-state index contributed by atoms with van der Waals surface area (Å²) in [6.07, 6.45) is 3.01. The number of aromatic nitrogens is 2. The molecule has 112 valence electrons. The lowest BCUT2D eigenvalue weighted by Crippen LogP contribution is -2.46. The summed E-state index contributed by atoms with van der Waals surface area (Å²) in [5.74, 6) is -0.524. The van der Waals surface area contributed by atoms with Gasteiger partial charge in [0.1, 0.15) is 6.10 Å². The first-order valence-electron chi connectivity index (χ1n) is 6.21. The van der Waals surface area contributed by atoms with E-state index in [2.05, 4.69) is 9.97 Å². The van der Waals surface area contributed by atoms with Crippen molar-refractivity contribution in [2.75, 3.05) is 27.2 Å². The lowest BCUT2D eigenvalue weighted by Gasteiger charge is -2.32. The summed E-state index contributed by atoms with van der Waals surface area (Å²) in [7, 11) is -0.363. The fourth-order valence-corrected chi connectivity index (χ4v) is 3.06. The van der Waals surface area contributed by atoms with E-state index in [0.29, 0.717) is 25.9 Å². The second kappa shape index (κ2) is 5.98. The SMILES string of the molecule is CN(C)S(=O)(=O)N1CCC(Oc2ncc(F)cn2)CC1. The molecule has 2 heterocycles. The van der Waals surface area contributed by atoms with Gasteiger partial charge in [-0.3, -0.25) is 0 Å². The van der Waals surface area contributed by atoms with Crippen molar-refractivity contribution in [2.45, 2.75) is 18.9 Å². The number of ether oxygens (including phenoxy) is 1. The monoisotopic (exact) mass is 304 g/mol. The van der Waals surface area contributed by atoms with Crippen LogP contribution >= 0.6 is 0 Å². The quantitative estimate of drug-likeness (QED) is 0.798. The van der Waals surface area contributed by atoms with Gasteiger partial charge < -0.3 is 4.74 Å². The normalized spacial score (nSPS) is 18.4. The lowest BCUT2D eigenvalue weighted by molar-refractivity contribution is 0.122. The predicted molar refractivity (Wildman–Crippen MR) is 69.8 cm³/mol. The van der Waals surface area contributed by atoms with Crippen molar-refractivity contribution < 1.29 is 17.5 Å². The number of halogens is 1. The summed E-state index contributed by atoms with van der Waals surface area (Å²) in [6, 6.07) is 0.111. The van der Waals surface area contributed by atoms with Crippen LogP contribution in [0.4, 0.5) is 4.39 Å². The maximum atomic E-state index is 12.7. The number of nitrogens with zero attached hydrogens (tertiary/aromatic N) is 4. The van der Waals surface area contributed by atoms with E-state index in [-0.39, 0.29) is 12.1 Å². The number of rotatable bonds is 4. The molecular formula is C11H17FN4O3S. The molecule has 2 rings (SSSR count). The van der Waals surface area contributed by atoms with Crippen molar-refractivity contribution in [2.24, 2.45) is 0 Å². The van der Waals surface area contributed by atoms with E-state index in [0.717, 1.165) is 12.4 Å². The van der Waals surface area contributed by atoms with Crippen molar-refractivity contribution in [3.63, 3.8) is 0 Å². The van der Waals surface area contributed by atoms with Crippen LogP contribution in [0.2, 0.25) is 0 Å². The molecule has 1 saturated heterocycles. The first-order chi connectivity index (χ1) is 9.39. The highest BCUT2D eigenvalue weighted by Gasteiger charge is 2.30. The third-order valence-corrected chi connectivity index (χ3v) is 5.00. The van der Waals surface area contributed by atoms with Crippen molar-refractivity contribution >= 4 is 10.2 Å². The Hall–Kier alpha value is -1.32. The van der Waals surface area contributed by atoms with Gasteiger partial charge in [-0.1, -0.05) is 0 Å². The summed E-state index contributed by atoms with van der Waals surface area (Å²) < 4.78 is 44.6. The first-order valence-corrected chi connectivity index (χ1v) is 7.61. The molecule has 0 amide bonds. The molecule has 1 aromatic rings. The van der Waals surface area contributed by atoms with Gasteiger partial charge in [0.15, 0.2) is 5.82 Å². The van der Waals surface area contributed by atoms with E-state index in [1.807, 2.05) is 0 Å². The largest absolute Gasteiger partial charge is 0.460 e. The van der Waals surface area contributed by atoms with Gasteiger partial charge in [0.25, 0.3) is 10.2 Å². The standard InChI is InChI=1S/C11H17FN4O3S/c1-15(2)20(17,18)16-5-3-10(4-6-16)19-11-13-7-9(12)8-14-11/h7-8,10H,3-6H2,1-2H3. The van der Waals surface area contributed by atoms with Crippen LogP contribution in [0.15, 0.2) is 12.4 Å². The number of hydrogen-bond donors (Lipinski definition) is 0. The molecule has 7 nitrogen and oxygen atoms in total. The van der Waals surface area contributed by atoms with Crippen molar-refractivity contribution in [1.29, 1.82) is 0 Å². The van der Waals surface area contributed by atoms with Crippen molar-refractivity contribution in [3.05, 3.63) is 18.2 Å². The molecule has 20 heavy (non-hydrogen) atoms. The predicted octanol–water partition coefficient (Wildman–Crippen LogP) is 0.265. The average molecular weight is 304 g/mol. The molecule has 0 atom stereocenters. The Morgan fingerprint density at radius 2 is 1.85 bits per heavy atom. The zero-order valence-electron chi connectivity index (χ0n) is 11.4. The zero-order chi connectivity index (χ0) is 14.8. The Kier molecular flexibility index (Phi) is 4.51. The number of hydrogen-bond acceptors (Lipinski definition) is 5. The Balaban J connectivity index is 1.90. The van der Waals surface area contributed by atoms with Crippen molar-refractivity contribution in [1.82, 2.24) is 18.6 Å². The Morgan fingerprint density at radius 3 is 2.35 bits per heavy atom. The zero-order valence-corrected chi connectivity index (χ0v) is 12.2. The fraction of sp³-hybridized carbons (Fsp3) is 0.636. The fourth-order valence-electron chi connectivity index (χ4n) is 1.92. The minimum absolute atomic E-state index is 0.111. The molecule has 1 aromatic heterocycles. The number of piperidine rings is 1. The van der Waals surface area contributed by atoms with E-state index in [1.54, 1.807) is 0 Å². The van der Waals surface area contributed by atoms with Gasteiger partial charge in [0, 0.05) is 27.2 Å². The molecule has 1 fully saturated rings. The second-order valence-corrected chi connectivity index (χ2v) is 6.83. The lowest BCUT2D eigenvalue weighted by atomic mass is 10.1. The summed E-state index contributed by atoms with van der Waals surface area (Å²) in [5.41, 5.74) is 0. The Bertz CT molecular complexity index is 541. The van der Waals surface area contributed by atoms with Crippen LogP contribution in [0.5, 0.6) is 6.01 Å². The van der Waals surface area contributed by atoms with E-state index in [1.165, 1.54) is 22.7 Å². The summed E-state index contributed by atoms with van der Waals surface area (Å²) in [6.45, 7) is 0.763. The molecule has 0 radical (unpaired) electrons. The molecule has 0 N–H and O–H groups in total. The minimum Gasteiger partial charge on any atom is -0.460 e. The van der Waals surface area contributed by atoms with Crippen LogP contribution in [-0.4, -0.2) is 60.3 Å². The Morgan fingerprint density at radius 1 is 1.30 bits per heavy atom. The molecular weight excluding hydrogens is 287 g/mol. The molecule has 0 aromatic carbocycles. The third-order valence-electron chi connectivity index (χ3n) is 3.06. The van der Waals surface area contributed by atoms with E-state index < -0.39 is 16.0 Å². The highest BCUT2D eigenvalue weighted by molar-refractivity contribution is 7.86. The molecule has 1 aliphatic rings. The highest BCUT2D eigenvalue weighted by atomic mass is 32.2. The van der Waals surface area contributed by atoms with Gasteiger partial charge in [-0.05, 0) is 12.8 Å². The molecule has 0 bridgehead atoms.